The van der Waals surface area contributed by atoms with Crippen molar-refractivity contribution in [3.05, 3.63) is 78.1 Å². The number of Topliss-reactive ketones (excluding diaryl/α,β-unsaturated/α-hetero) is 1. The second-order valence-corrected chi connectivity index (χ2v) is 8.03. The number of carbonyl (C=O) groups is 1. The van der Waals surface area contributed by atoms with E-state index in [0.717, 1.165) is 12.1 Å². The van der Waals surface area contributed by atoms with Gasteiger partial charge in [0.15, 0.2) is 5.78 Å². The number of ketones is 1. The lowest BCUT2D eigenvalue weighted by Crippen LogP contribution is -2.53. The van der Waals surface area contributed by atoms with Crippen LogP contribution in [0.5, 0.6) is 0 Å². The third-order valence-electron chi connectivity index (χ3n) is 5.84. The molecule has 1 N–H and O–H groups in total. The molecule has 0 bridgehead atoms. The van der Waals surface area contributed by atoms with Crippen LogP contribution in [0.3, 0.4) is 0 Å². The van der Waals surface area contributed by atoms with Crippen molar-refractivity contribution >= 4 is 5.78 Å². The largest absolute Gasteiger partial charge is 0.416 e. The van der Waals surface area contributed by atoms with Gasteiger partial charge in [0.25, 0.3) is 0 Å². The van der Waals surface area contributed by atoms with E-state index in [1.807, 2.05) is 0 Å². The Labute approximate surface area is 173 Å². The molecular formula is C23H24F4NO2+. The van der Waals surface area contributed by atoms with Gasteiger partial charge in [0.05, 0.1) is 25.2 Å². The minimum Gasteiger partial charge on any atom is -0.385 e. The molecule has 1 heterocycles. The monoisotopic (exact) mass is 422 g/mol. The average molecular weight is 422 g/mol. The summed E-state index contributed by atoms with van der Waals surface area (Å²) in [6, 6.07) is 10.2. The summed E-state index contributed by atoms with van der Waals surface area (Å²) in [5.74, 6) is -0.501. The number of carbonyl (C=O) groups excluding carboxylic acids is 1. The molecule has 0 atom stereocenters. The van der Waals surface area contributed by atoms with E-state index in [2.05, 4.69) is 0 Å². The first-order valence-electron chi connectivity index (χ1n) is 9.84. The Hall–Kier alpha value is -2.25. The van der Waals surface area contributed by atoms with Crippen LogP contribution in [-0.4, -0.2) is 35.0 Å². The number of alkyl halides is 3. The number of piperidine rings is 1. The van der Waals surface area contributed by atoms with Crippen LogP contribution in [0.25, 0.3) is 0 Å². The van der Waals surface area contributed by atoms with Crippen LogP contribution in [0, 0.1) is 12.9 Å². The Bertz CT molecular complexity index is 885. The van der Waals surface area contributed by atoms with E-state index in [9.17, 15) is 27.5 Å². The van der Waals surface area contributed by atoms with Crippen LogP contribution in [0.4, 0.5) is 17.6 Å². The highest BCUT2D eigenvalue weighted by atomic mass is 19.4. The summed E-state index contributed by atoms with van der Waals surface area (Å²) in [6.45, 7) is 1.28. The molecule has 160 valence electrons. The number of likely N-dealkylation sites (tertiary alicyclic amines) is 1. The highest BCUT2D eigenvalue weighted by Gasteiger charge is 2.42. The van der Waals surface area contributed by atoms with E-state index in [1.54, 1.807) is 0 Å². The van der Waals surface area contributed by atoms with Crippen LogP contribution < -0.4 is 0 Å². The molecule has 0 aromatic heterocycles. The predicted octanol–water partition coefficient (Wildman–Crippen LogP) is 4.97. The summed E-state index contributed by atoms with van der Waals surface area (Å²) < 4.78 is 52.0. The van der Waals surface area contributed by atoms with Gasteiger partial charge in [-0.3, -0.25) is 4.79 Å². The van der Waals surface area contributed by atoms with Gasteiger partial charge in [0, 0.05) is 31.2 Å². The lowest BCUT2D eigenvalue weighted by Gasteiger charge is -2.43. The van der Waals surface area contributed by atoms with Crippen LogP contribution in [-0.2, 0) is 11.8 Å². The minimum atomic E-state index is -4.47. The van der Waals surface area contributed by atoms with Gasteiger partial charge in [-0.1, -0.05) is 12.1 Å². The second kappa shape index (κ2) is 8.47. The number of rotatable bonds is 6. The fourth-order valence-electron chi connectivity index (χ4n) is 3.88. The third kappa shape index (κ3) is 5.26. The minimum absolute atomic E-state index is 0.0981. The van der Waals surface area contributed by atoms with E-state index >= 15 is 0 Å². The predicted molar refractivity (Wildman–Crippen MR) is 104 cm³/mol. The molecule has 0 spiro atoms. The molecular weight excluding hydrogens is 398 g/mol. The Balaban J connectivity index is 1.56. The Morgan fingerprint density at radius 1 is 1.10 bits per heavy atom. The van der Waals surface area contributed by atoms with Crippen molar-refractivity contribution in [1.29, 1.82) is 0 Å². The number of halogens is 4. The summed E-state index contributed by atoms with van der Waals surface area (Å²) in [5.41, 5.74) is -1.45. The number of hydrogen-bond acceptors (Lipinski definition) is 2. The van der Waals surface area contributed by atoms with E-state index in [4.69, 9.17) is 7.05 Å². The number of nitrogens with zero attached hydrogens (tertiary/aromatic N) is 1. The summed E-state index contributed by atoms with van der Waals surface area (Å²) in [5, 5.41) is 10.9. The van der Waals surface area contributed by atoms with Crippen LogP contribution in [0.1, 0.15) is 47.2 Å². The van der Waals surface area contributed by atoms with E-state index in [0.29, 0.717) is 31.6 Å². The Morgan fingerprint density at radius 3 is 2.33 bits per heavy atom. The maximum atomic E-state index is 13.0. The van der Waals surface area contributed by atoms with Crippen LogP contribution in [0.15, 0.2) is 48.5 Å². The maximum absolute atomic E-state index is 13.0. The van der Waals surface area contributed by atoms with Gasteiger partial charge in [-0.2, -0.15) is 13.2 Å². The fourth-order valence-corrected chi connectivity index (χ4v) is 3.88. The molecule has 7 heteroatoms. The first kappa shape index (κ1) is 22.4. The number of aliphatic hydroxyl groups is 1. The van der Waals surface area contributed by atoms with Crippen LogP contribution in [0.2, 0.25) is 0 Å². The molecule has 2 aromatic carbocycles. The standard InChI is InChI=1S/C23H24F4NO2/c1-28(13-3-6-21(29)17-7-9-20(24)10-8-17)14-11-22(30,12-15-28)18-4-2-5-19(16-18)23(25,26)27/h1-2,4-5,7-10,16,30H,3,6,11-15H2/q+1. The Morgan fingerprint density at radius 2 is 1.73 bits per heavy atom. The normalized spacial score (nSPS) is 24.6. The molecule has 0 saturated carbocycles. The molecule has 1 saturated heterocycles. The number of hydrogen-bond donors (Lipinski definition) is 1. The van der Waals surface area contributed by atoms with Crippen molar-refractivity contribution in [2.24, 2.45) is 0 Å². The first-order chi connectivity index (χ1) is 14.0. The molecule has 3 rings (SSSR count). The second-order valence-electron chi connectivity index (χ2n) is 8.03. The summed E-state index contributed by atoms with van der Waals surface area (Å²) in [6.07, 6.45) is -3.21. The van der Waals surface area contributed by atoms with Crippen molar-refractivity contribution in [3.63, 3.8) is 0 Å². The van der Waals surface area contributed by atoms with Gasteiger partial charge in [-0.15, -0.1) is 0 Å². The quantitative estimate of drug-likeness (QED) is 0.405. The van der Waals surface area contributed by atoms with Crippen molar-refractivity contribution in [2.75, 3.05) is 19.6 Å². The molecule has 30 heavy (non-hydrogen) atoms. The molecule has 1 fully saturated rings. The van der Waals surface area contributed by atoms with Crippen molar-refractivity contribution in [3.8, 4) is 0 Å². The molecule has 3 nitrogen and oxygen atoms in total. The topological polar surface area (TPSA) is 37.3 Å². The zero-order valence-corrected chi connectivity index (χ0v) is 16.5. The molecule has 2 aromatic rings. The highest BCUT2D eigenvalue weighted by Crippen LogP contribution is 2.38. The Kier molecular flexibility index (Phi) is 6.34. The van der Waals surface area contributed by atoms with Gasteiger partial charge < -0.3 is 9.59 Å². The average Bonchev–Trinajstić information content (AvgIpc) is 2.70. The van der Waals surface area contributed by atoms with Crippen molar-refractivity contribution in [1.82, 2.24) is 0 Å². The summed E-state index contributed by atoms with van der Waals surface area (Å²) >= 11 is 0. The molecule has 0 unspecified atom stereocenters. The summed E-state index contributed by atoms with van der Waals surface area (Å²) in [7, 11) is 6.39. The highest BCUT2D eigenvalue weighted by molar-refractivity contribution is 5.95. The van der Waals surface area contributed by atoms with Crippen LogP contribution >= 0.6 is 0 Å². The van der Waals surface area contributed by atoms with Gasteiger partial charge >= 0.3 is 6.18 Å². The van der Waals surface area contributed by atoms with Gasteiger partial charge in [-0.25, -0.2) is 4.39 Å². The molecule has 0 aliphatic carbocycles. The van der Waals surface area contributed by atoms with E-state index in [-0.39, 0.29) is 35.1 Å². The third-order valence-corrected chi connectivity index (χ3v) is 5.84. The number of quaternary nitrogens is 1. The SMILES string of the molecule is [CH][N+]1(CCCC(=O)c2ccc(F)cc2)CCC(O)(c2cccc(C(F)(F)F)c2)CC1. The molecule has 1 aliphatic rings. The zero-order valence-electron chi connectivity index (χ0n) is 16.5. The van der Waals surface area contributed by atoms with Gasteiger partial charge in [0.2, 0.25) is 7.05 Å². The van der Waals surface area contributed by atoms with Crippen molar-refractivity contribution in [2.45, 2.75) is 37.5 Å². The van der Waals surface area contributed by atoms with Gasteiger partial charge in [-0.05, 0) is 42.0 Å². The summed E-state index contributed by atoms with van der Waals surface area (Å²) in [4.78, 5) is 12.2. The zero-order chi connectivity index (χ0) is 22.0. The lowest BCUT2D eigenvalue weighted by atomic mass is 9.83. The van der Waals surface area contributed by atoms with E-state index in [1.165, 1.54) is 36.4 Å². The maximum Gasteiger partial charge on any atom is 0.416 e. The molecule has 1 aliphatic heterocycles. The van der Waals surface area contributed by atoms with Crippen molar-refractivity contribution < 1.29 is 31.9 Å². The molecule has 2 radical (unpaired) electrons. The van der Waals surface area contributed by atoms with E-state index < -0.39 is 23.2 Å². The smallest absolute Gasteiger partial charge is 0.385 e. The van der Waals surface area contributed by atoms with Gasteiger partial charge in [0.1, 0.15) is 11.4 Å². The fraction of sp³-hybridized carbons (Fsp3) is 0.391. The number of benzene rings is 2. The molecule has 0 amide bonds. The first-order valence-corrected chi connectivity index (χ1v) is 9.84. The lowest BCUT2D eigenvalue weighted by molar-refractivity contribution is -0.893.